The molecule has 1 aliphatic rings. The third kappa shape index (κ3) is 7.38. The Morgan fingerprint density at radius 1 is 1.18 bits per heavy atom. The Kier molecular flexibility index (Phi) is 8.10. The Balaban J connectivity index is 1.95. The van der Waals surface area contributed by atoms with Crippen molar-refractivity contribution in [1.29, 1.82) is 0 Å². The molecule has 0 aromatic heterocycles. The summed E-state index contributed by atoms with van der Waals surface area (Å²) in [5, 5.41) is 3.25. The highest BCUT2D eigenvalue weighted by atomic mass is 19.4. The number of alkyl halides is 3. The van der Waals surface area contributed by atoms with Crippen LogP contribution in [0.3, 0.4) is 0 Å². The minimum absolute atomic E-state index is 0.0751. The maximum atomic E-state index is 12.2. The first-order valence-corrected chi connectivity index (χ1v) is 9.29. The van der Waals surface area contributed by atoms with E-state index in [1.54, 1.807) is 25.1 Å². The first-order valence-electron chi connectivity index (χ1n) is 9.29. The molecule has 1 aromatic carbocycles. The van der Waals surface area contributed by atoms with Gasteiger partial charge < -0.3 is 19.9 Å². The number of halogens is 3. The zero-order valence-corrected chi connectivity index (χ0v) is 16.3. The number of piperazine rings is 1. The highest BCUT2D eigenvalue weighted by Crippen LogP contribution is 2.16. The summed E-state index contributed by atoms with van der Waals surface area (Å²) in [6.07, 6.45) is -4.32. The average Bonchev–Trinajstić information content (AvgIpc) is 2.64. The fraction of sp³-hybridized carbons (Fsp3) is 0.579. The number of aliphatic imine (C=N–C) groups is 1. The van der Waals surface area contributed by atoms with Gasteiger partial charge in [-0.3, -0.25) is 4.79 Å². The van der Waals surface area contributed by atoms with Crippen LogP contribution in [0, 0.1) is 0 Å². The normalized spacial score (nSPS) is 15.7. The summed E-state index contributed by atoms with van der Waals surface area (Å²) in [6.45, 7) is 6.06. The molecule has 0 bridgehead atoms. The number of benzene rings is 1. The van der Waals surface area contributed by atoms with Crippen LogP contribution in [-0.4, -0.2) is 67.2 Å². The smallest absolute Gasteiger partial charge is 0.367 e. The molecule has 0 radical (unpaired) electrons. The Bertz CT molecular complexity index is 671. The van der Waals surface area contributed by atoms with Gasteiger partial charge >= 0.3 is 6.18 Å². The summed E-state index contributed by atoms with van der Waals surface area (Å²) in [5.41, 5.74) is 1.57. The first-order chi connectivity index (χ1) is 13.3. The van der Waals surface area contributed by atoms with E-state index >= 15 is 0 Å². The van der Waals surface area contributed by atoms with E-state index in [-0.39, 0.29) is 12.5 Å². The molecule has 1 aromatic rings. The van der Waals surface area contributed by atoms with Crippen molar-refractivity contribution in [2.45, 2.75) is 33.2 Å². The predicted octanol–water partition coefficient (Wildman–Crippen LogP) is 2.40. The number of hydrogen-bond donors (Lipinski definition) is 1. The lowest BCUT2D eigenvalue weighted by Gasteiger charge is -2.36. The number of hydrogen-bond acceptors (Lipinski definition) is 3. The molecule has 0 aliphatic carbocycles. The minimum atomic E-state index is -4.32. The van der Waals surface area contributed by atoms with Crippen molar-refractivity contribution in [2.75, 3.05) is 39.3 Å². The van der Waals surface area contributed by atoms with E-state index in [4.69, 9.17) is 4.74 Å². The monoisotopic (exact) mass is 400 g/mol. The van der Waals surface area contributed by atoms with Crippen molar-refractivity contribution < 1.29 is 22.7 Å². The van der Waals surface area contributed by atoms with Gasteiger partial charge in [-0.25, -0.2) is 4.99 Å². The Morgan fingerprint density at radius 3 is 2.43 bits per heavy atom. The van der Waals surface area contributed by atoms with Crippen LogP contribution in [0.15, 0.2) is 29.3 Å². The van der Waals surface area contributed by atoms with E-state index in [2.05, 4.69) is 15.2 Å². The van der Waals surface area contributed by atoms with Gasteiger partial charge in [0.1, 0.15) is 6.61 Å². The number of nitrogens with one attached hydrogen (secondary N) is 1. The summed E-state index contributed by atoms with van der Waals surface area (Å²) in [6, 6.07) is 7.20. The van der Waals surface area contributed by atoms with Crippen molar-refractivity contribution in [2.24, 2.45) is 4.99 Å². The fourth-order valence-electron chi connectivity index (χ4n) is 2.93. The molecule has 1 saturated heterocycles. The molecule has 9 heteroatoms. The van der Waals surface area contributed by atoms with Gasteiger partial charge in [-0.15, -0.1) is 0 Å². The molecule has 1 aliphatic heterocycles. The molecule has 1 heterocycles. The standard InChI is InChI=1S/C19H27F3N4O2/c1-3-23-18(26-9-7-25(8-10-26)15(2)27)24-12-16-5-4-6-17(11-16)13-28-14-19(20,21)22/h4-6,11H,3,7-10,12-14H2,1-2H3,(H,23,24). The Morgan fingerprint density at radius 2 is 1.82 bits per heavy atom. The molecule has 0 saturated carbocycles. The number of guanidine groups is 1. The van der Waals surface area contributed by atoms with E-state index in [1.807, 2.05) is 17.9 Å². The molecule has 156 valence electrons. The lowest BCUT2D eigenvalue weighted by Crippen LogP contribution is -2.53. The van der Waals surface area contributed by atoms with Crippen LogP contribution >= 0.6 is 0 Å². The number of ether oxygens (including phenoxy) is 1. The van der Waals surface area contributed by atoms with E-state index in [9.17, 15) is 18.0 Å². The van der Waals surface area contributed by atoms with Crippen LogP contribution in [0.1, 0.15) is 25.0 Å². The molecule has 28 heavy (non-hydrogen) atoms. The van der Waals surface area contributed by atoms with Gasteiger partial charge in [0.2, 0.25) is 5.91 Å². The molecule has 1 N–H and O–H groups in total. The third-order valence-corrected chi connectivity index (χ3v) is 4.30. The number of rotatable bonds is 6. The lowest BCUT2D eigenvalue weighted by molar-refractivity contribution is -0.176. The maximum absolute atomic E-state index is 12.2. The highest BCUT2D eigenvalue weighted by molar-refractivity contribution is 5.80. The molecule has 1 fully saturated rings. The molecule has 1 amide bonds. The van der Waals surface area contributed by atoms with Crippen LogP contribution in [0.25, 0.3) is 0 Å². The van der Waals surface area contributed by atoms with Crippen LogP contribution in [0.4, 0.5) is 13.2 Å². The largest absolute Gasteiger partial charge is 0.411 e. The van der Waals surface area contributed by atoms with Crippen molar-refractivity contribution in [3.63, 3.8) is 0 Å². The number of nitrogens with zero attached hydrogens (tertiary/aromatic N) is 3. The molecular formula is C19H27F3N4O2. The lowest BCUT2D eigenvalue weighted by atomic mass is 10.1. The fourth-order valence-corrected chi connectivity index (χ4v) is 2.93. The Labute approximate surface area is 163 Å². The summed E-state index contributed by atoms with van der Waals surface area (Å²) in [5.74, 6) is 0.843. The SMILES string of the molecule is CCNC(=NCc1cccc(COCC(F)(F)F)c1)N1CCN(C(C)=O)CC1. The van der Waals surface area contributed by atoms with Crippen LogP contribution in [0.2, 0.25) is 0 Å². The van der Waals surface area contributed by atoms with Gasteiger partial charge in [0.15, 0.2) is 5.96 Å². The maximum Gasteiger partial charge on any atom is 0.411 e. The Hall–Kier alpha value is -2.29. The van der Waals surface area contributed by atoms with Gasteiger partial charge in [0, 0.05) is 39.6 Å². The van der Waals surface area contributed by atoms with E-state index in [0.717, 1.165) is 18.1 Å². The van der Waals surface area contributed by atoms with Gasteiger partial charge in [-0.1, -0.05) is 24.3 Å². The van der Waals surface area contributed by atoms with Crippen molar-refractivity contribution in [3.05, 3.63) is 35.4 Å². The van der Waals surface area contributed by atoms with E-state index in [1.165, 1.54) is 0 Å². The zero-order valence-electron chi connectivity index (χ0n) is 16.3. The van der Waals surface area contributed by atoms with Gasteiger partial charge in [-0.2, -0.15) is 13.2 Å². The number of carbonyl (C=O) groups is 1. The van der Waals surface area contributed by atoms with Gasteiger partial charge in [-0.05, 0) is 18.1 Å². The van der Waals surface area contributed by atoms with Gasteiger partial charge in [0.25, 0.3) is 0 Å². The highest BCUT2D eigenvalue weighted by Gasteiger charge is 2.27. The predicted molar refractivity (Wildman–Crippen MR) is 101 cm³/mol. The molecular weight excluding hydrogens is 373 g/mol. The molecule has 0 atom stereocenters. The third-order valence-electron chi connectivity index (χ3n) is 4.30. The number of amides is 1. The molecule has 2 rings (SSSR count). The van der Waals surface area contributed by atoms with Crippen molar-refractivity contribution in [3.8, 4) is 0 Å². The summed E-state index contributed by atoms with van der Waals surface area (Å²) >= 11 is 0. The molecule has 0 unspecified atom stereocenters. The van der Waals surface area contributed by atoms with Crippen LogP contribution in [0.5, 0.6) is 0 Å². The van der Waals surface area contributed by atoms with Gasteiger partial charge in [0.05, 0.1) is 13.2 Å². The second-order valence-electron chi connectivity index (χ2n) is 6.59. The topological polar surface area (TPSA) is 57.2 Å². The summed E-state index contributed by atoms with van der Waals surface area (Å²) in [7, 11) is 0. The van der Waals surface area contributed by atoms with E-state index in [0.29, 0.717) is 38.3 Å². The van der Waals surface area contributed by atoms with Crippen LogP contribution in [-0.2, 0) is 22.7 Å². The quantitative estimate of drug-likeness (QED) is 0.589. The van der Waals surface area contributed by atoms with Crippen molar-refractivity contribution in [1.82, 2.24) is 15.1 Å². The molecule has 6 nitrogen and oxygen atoms in total. The van der Waals surface area contributed by atoms with Crippen LogP contribution < -0.4 is 5.32 Å². The summed E-state index contributed by atoms with van der Waals surface area (Å²) in [4.78, 5) is 20.0. The molecule has 0 spiro atoms. The van der Waals surface area contributed by atoms with Crippen molar-refractivity contribution >= 4 is 11.9 Å². The second kappa shape index (κ2) is 10.3. The second-order valence-corrected chi connectivity index (χ2v) is 6.59. The minimum Gasteiger partial charge on any atom is -0.367 e. The number of carbonyl (C=O) groups excluding carboxylic acids is 1. The zero-order chi connectivity index (χ0) is 20.6. The first kappa shape index (κ1) is 22.0. The van der Waals surface area contributed by atoms with E-state index < -0.39 is 12.8 Å². The summed E-state index contributed by atoms with van der Waals surface area (Å²) < 4.78 is 41.3. The average molecular weight is 400 g/mol.